The number of carbonyl (C=O) groups excluding carboxylic acids is 1. The number of nitrogens with zero attached hydrogens (tertiary/aromatic N) is 1. The molecule has 0 aromatic heterocycles. The highest BCUT2D eigenvalue weighted by Crippen LogP contribution is 2.28. The largest absolute Gasteiger partial charge is 0.487 e. The molecule has 5 heteroatoms. The van der Waals surface area contributed by atoms with Crippen LogP contribution in [0, 0.1) is 5.92 Å². The highest BCUT2D eigenvalue weighted by molar-refractivity contribution is 6.35. The van der Waals surface area contributed by atoms with Gasteiger partial charge in [-0.15, -0.1) is 0 Å². The molecule has 1 aliphatic heterocycles. The van der Waals surface area contributed by atoms with Crippen LogP contribution < -0.4 is 4.74 Å². The molecule has 1 heterocycles. The van der Waals surface area contributed by atoms with Gasteiger partial charge >= 0.3 is 0 Å². The van der Waals surface area contributed by atoms with Crippen molar-refractivity contribution >= 4 is 29.1 Å². The number of piperidine rings is 1. The lowest BCUT2D eigenvalue weighted by molar-refractivity contribution is 0.0683. The van der Waals surface area contributed by atoms with E-state index >= 15 is 0 Å². The first-order chi connectivity index (χ1) is 12.0. The minimum absolute atomic E-state index is 0.111. The van der Waals surface area contributed by atoms with E-state index in [1.807, 2.05) is 29.2 Å². The molecule has 25 heavy (non-hydrogen) atoms. The second-order valence-electron chi connectivity index (χ2n) is 6.56. The Kier molecular flexibility index (Phi) is 5.87. The predicted molar refractivity (Wildman–Crippen MR) is 102 cm³/mol. The summed E-state index contributed by atoms with van der Waals surface area (Å²) in [4.78, 5) is 14.5. The van der Waals surface area contributed by atoms with Crippen LogP contribution in [0.3, 0.4) is 0 Å². The number of likely N-dealkylation sites (tertiary alicyclic amines) is 1. The van der Waals surface area contributed by atoms with Crippen molar-refractivity contribution in [2.75, 3.05) is 13.1 Å². The van der Waals surface area contributed by atoms with Crippen LogP contribution in [0.1, 0.15) is 35.7 Å². The molecular formula is C20H21Cl2NO2. The predicted octanol–water partition coefficient (Wildman–Crippen LogP) is 5.44. The summed E-state index contributed by atoms with van der Waals surface area (Å²) >= 11 is 12.0. The number of ether oxygens (including phenoxy) is 1. The van der Waals surface area contributed by atoms with Gasteiger partial charge in [-0.2, -0.15) is 0 Å². The Morgan fingerprint density at radius 2 is 1.96 bits per heavy atom. The van der Waals surface area contributed by atoms with Crippen molar-refractivity contribution < 1.29 is 9.53 Å². The van der Waals surface area contributed by atoms with E-state index < -0.39 is 0 Å². The zero-order valence-electron chi connectivity index (χ0n) is 14.2. The van der Waals surface area contributed by atoms with Gasteiger partial charge in [-0.05, 0) is 54.7 Å². The quantitative estimate of drug-likeness (QED) is 0.709. The molecule has 0 N–H and O–H groups in total. The SMILES string of the molecule is CC1CCCN(C(=O)c2ccc(COc3ccc(Cl)cc3Cl)cc2)C1. The van der Waals surface area contributed by atoms with E-state index in [1.54, 1.807) is 18.2 Å². The number of halogens is 2. The number of hydrogen-bond donors (Lipinski definition) is 0. The average molecular weight is 378 g/mol. The number of rotatable bonds is 4. The fourth-order valence-electron chi connectivity index (χ4n) is 3.05. The maximum atomic E-state index is 12.6. The van der Waals surface area contributed by atoms with Crippen LogP contribution in [0.5, 0.6) is 5.75 Å². The van der Waals surface area contributed by atoms with Gasteiger partial charge in [-0.3, -0.25) is 4.79 Å². The molecule has 0 radical (unpaired) electrons. The van der Waals surface area contributed by atoms with Crippen molar-refractivity contribution in [3.05, 3.63) is 63.6 Å². The first-order valence-electron chi connectivity index (χ1n) is 8.49. The summed E-state index contributed by atoms with van der Waals surface area (Å²) in [6, 6.07) is 12.7. The molecule has 132 valence electrons. The van der Waals surface area contributed by atoms with Gasteiger partial charge in [0.25, 0.3) is 5.91 Å². The second kappa shape index (κ2) is 8.11. The molecule has 2 aromatic rings. The Balaban J connectivity index is 1.61. The Bertz CT molecular complexity index is 746. The maximum Gasteiger partial charge on any atom is 0.253 e. The van der Waals surface area contributed by atoms with Crippen molar-refractivity contribution in [1.29, 1.82) is 0 Å². The van der Waals surface area contributed by atoms with E-state index in [4.69, 9.17) is 27.9 Å². The van der Waals surface area contributed by atoms with Crippen LogP contribution in [-0.4, -0.2) is 23.9 Å². The minimum atomic E-state index is 0.111. The number of benzene rings is 2. The molecule has 1 unspecified atom stereocenters. The molecule has 1 amide bonds. The van der Waals surface area contributed by atoms with Crippen molar-refractivity contribution in [2.24, 2.45) is 5.92 Å². The van der Waals surface area contributed by atoms with E-state index in [9.17, 15) is 4.79 Å². The molecule has 3 nitrogen and oxygen atoms in total. The van der Waals surface area contributed by atoms with Crippen molar-refractivity contribution in [3.63, 3.8) is 0 Å². The Labute approximate surface area is 158 Å². The van der Waals surface area contributed by atoms with Gasteiger partial charge in [0.2, 0.25) is 0 Å². The third kappa shape index (κ3) is 4.68. The average Bonchev–Trinajstić information content (AvgIpc) is 2.61. The van der Waals surface area contributed by atoms with Gasteiger partial charge in [0.05, 0.1) is 5.02 Å². The van der Waals surface area contributed by atoms with E-state index in [0.717, 1.165) is 30.6 Å². The number of amides is 1. The third-order valence-corrected chi connectivity index (χ3v) is 4.96. The normalized spacial score (nSPS) is 17.4. The lowest BCUT2D eigenvalue weighted by atomic mass is 9.99. The first-order valence-corrected chi connectivity index (χ1v) is 9.24. The van der Waals surface area contributed by atoms with Crippen molar-refractivity contribution in [2.45, 2.75) is 26.4 Å². The Morgan fingerprint density at radius 1 is 1.20 bits per heavy atom. The molecule has 3 rings (SSSR count). The fourth-order valence-corrected chi connectivity index (χ4v) is 3.52. The van der Waals surface area contributed by atoms with E-state index in [1.165, 1.54) is 6.42 Å². The van der Waals surface area contributed by atoms with Gasteiger partial charge < -0.3 is 9.64 Å². The molecule has 2 aromatic carbocycles. The van der Waals surface area contributed by atoms with Gasteiger partial charge in [0.15, 0.2) is 0 Å². The van der Waals surface area contributed by atoms with E-state index in [-0.39, 0.29) is 5.91 Å². The Hall–Kier alpha value is -1.71. The smallest absolute Gasteiger partial charge is 0.253 e. The molecule has 0 bridgehead atoms. The summed E-state index contributed by atoms with van der Waals surface area (Å²) in [6.45, 7) is 4.28. The zero-order valence-corrected chi connectivity index (χ0v) is 15.7. The van der Waals surface area contributed by atoms with Crippen LogP contribution in [0.4, 0.5) is 0 Å². The van der Waals surface area contributed by atoms with Crippen molar-refractivity contribution in [1.82, 2.24) is 4.90 Å². The number of hydrogen-bond acceptors (Lipinski definition) is 2. The van der Waals surface area contributed by atoms with E-state index in [0.29, 0.717) is 28.3 Å². The first kappa shape index (κ1) is 18.1. The minimum Gasteiger partial charge on any atom is -0.487 e. The molecule has 1 saturated heterocycles. The monoisotopic (exact) mass is 377 g/mol. The molecule has 1 aliphatic rings. The van der Waals surface area contributed by atoms with Gasteiger partial charge in [-0.25, -0.2) is 0 Å². The highest BCUT2D eigenvalue weighted by Gasteiger charge is 2.21. The van der Waals surface area contributed by atoms with Gasteiger partial charge in [0, 0.05) is 23.7 Å². The summed E-state index contributed by atoms with van der Waals surface area (Å²) in [5.41, 5.74) is 1.71. The summed E-state index contributed by atoms with van der Waals surface area (Å²) in [5, 5.41) is 1.06. The highest BCUT2D eigenvalue weighted by atomic mass is 35.5. The molecule has 1 fully saturated rings. The lowest BCUT2D eigenvalue weighted by Crippen LogP contribution is -2.39. The maximum absolute atomic E-state index is 12.6. The number of carbonyl (C=O) groups is 1. The summed E-state index contributed by atoms with van der Waals surface area (Å²) < 4.78 is 5.72. The van der Waals surface area contributed by atoms with Crippen LogP contribution in [0.25, 0.3) is 0 Å². The van der Waals surface area contributed by atoms with Crippen molar-refractivity contribution in [3.8, 4) is 5.75 Å². The lowest BCUT2D eigenvalue weighted by Gasteiger charge is -2.31. The van der Waals surface area contributed by atoms with Crippen LogP contribution >= 0.6 is 23.2 Å². The summed E-state index contributed by atoms with van der Waals surface area (Å²) in [5.74, 6) is 1.28. The second-order valence-corrected chi connectivity index (χ2v) is 7.40. The molecule has 0 spiro atoms. The molecular weight excluding hydrogens is 357 g/mol. The van der Waals surface area contributed by atoms with Crippen LogP contribution in [0.15, 0.2) is 42.5 Å². The third-order valence-electron chi connectivity index (χ3n) is 4.43. The molecule has 1 atom stereocenters. The molecule has 0 aliphatic carbocycles. The van der Waals surface area contributed by atoms with Gasteiger partial charge in [0.1, 0.15) is 12.4 Å². The summed E-state index contributed by atoms with van der Waals surface area (Å²) in [6.07, 6.45) is 2.29. The standard InChI is InChI=1S/C20H21Cl2NO2/c1-14-3-2-10-23(12-14)20(24)16-6-4-15(5-7-16)13-25-19-9-8-17(21)11-18(19)22/h4-9,11,14H,2-3,10,12-13H2,1H3. The zero-order chi connectivity index (χ0) is 17.8. The molecule has 0 saturated carbocycles. The van der Waals surface area contributed by atoms with Gasteiger partial charge in [-0.1, -0.05) is 42.3 Å². The topological polar surface area (TPSA) is 29.5 Å². The fraction of sp³-hybridized carbons (Fsp3) is 0.350. The van der Waals surface area contributed by atoms with Crippen LogP contribution in [0.2, 0.25) is 10.0 Å². The van der Waals surface area contributed by atoms with E-state index in [2.05, 4.69) is 6.92 Å². The van der Waals surface area contributed by atoms with Crippen LogP contribution in [-0.2, 0) is 6.61 Å². The summed E-state index contributed by atoms with van der Waals surface area (Å²) in [7, 11) is 0. The Morgan fingerprint density at radius 3 is 2.64 bits per heavy atom.